The lowest BCUT2D eigenvalue weighted by molar-refractivity contribution is -0.139. The van der Waals surface area contributed by atoms with Gasteiger partial charge in [0.2, 0.25) is 5.16 Å². The number of hydrogen-bond donors (Lipinski definition) is 0. The summed E-state index contributed by atoms with van der Waals surface area (Å²) in [5, 5.41) is 6.05. The molecule has 0 N–H and O–H groups in total. The van der Waals surface area contributed by atoms with Crippen molar-refractivity contribution in [1.82, 2.24) is 19.6 Å². The molecule has 4 aromatic rings. The molecular weight excluding hydrogens is 384 g/mol. The molecule has 8 heteroatoms. The fraction of sp³-hybridized carbons (Fsp3) is 0.158. The van der Waals surface area contributed by atoms with Gasteiger partial charge in [0.15, 0.2) is 5.65 Å². The third kappa shape index (κ3) is 3.74. The highest BCUT2D eigenvalue weighted by Crippen LogP contribution is 2.26. The highest BCUT2D eigenvalue weighted by atomic mass is 35.5. The van der Waals surface area contributed by atoms with Crippen molar-refractivity contribution >= 4 is 45.9 Å². The van der Waals surface area contributed by atoms with Crippen LogP contribution in [-0.4, -0.2) is 37.9 Å². The second-order valence-electron chi connectivity index (χ2n) is 5.88. The molecule has 1 atom stereocenters. The Labute approximate surface area is 164 Å². The molecule has 0 spiro atoms. The van der Waals surface area contributed by atoms with E-state index >= 15 is 0 Å². The lowest BCUT2D eigenvalue weighted by Gasteiger charge is -2.12. The minimum absolute atomic E-state index is 0.322. The smallest absolute Gasteiger partial charge is 0.319 e. The molecule has 6 nitrogen and oxygen atoms in total. The van der Waals surface area contributed by atoms with E-state index in [-0.39, 0.29) is 5.97 Å². The van der Waals surface area contributed by atoms with Gasteiger partial charge in [-0.1, -0.05) is 47.6 Å². The fourth-order valence-corrected chi connectivity index (χ4v) is 3.90. The second-order valence-corrected chi connectivity index (χ2v) is 7.49. The van der Waals surface area contributed by atoms with E-state index in [1.165, 1.54) is 18.9 Å². The lowest BCUT2D eigenvalue weighted by atomic mass is 10.1. The SMILES string of the molecule is COC(=O)[C@@H](Cc1ccc(Cl)cc1)Sc1nc2c3ccccc3ncn2n1. The van der Waals surface area contributed by atoms with Crippen molar-refractivity contribution in [2.24, 2.45) is 0 Å². The predicted molar refractivity (Wildman–Crippen MR) is 105 cm³/mol. The van der Waals surface area contributed by atoms with Gasteiger partial charge >= 0.3 is 5.97 Å². The Bertz CT molecular complexity index is 1110. The van der Waals surface area contributed by atoms with Crippen molar-refractivity contribution in [2.75, 3.05) is 7.11 Å². The number of thioether (sulfide) groups is 1. The van der Waals surface area contributed by atoms with Crippen LogP contribution in [0.2, 0.25) is 5.02 Å². The Balaban J connectivity index is 1.65. The van der Waals surface area contributed by atoms with E-state index < -0.39 is 5.25 Å². The summed E-state index contributed by atoms with van der Waals surface area (Å²) in [6.07, 6.45) is 2.12. The summed E-state index contributed by atoms with van der Waals surface area (Å²) in [6.45, 7) is 0. The topological polar surface area (TPSA) is 69.4 Å². The number of methoxy groups -OCH3 is 1. The first-order valence-electron chi connectivity index (χ1n) is 8.23. The first-order chi connectivity index (χ1) is 13.1. The molecular formula is C19H15ClN4O2S. The van der Waals surface area contributed by atoms with Gasteiger partial charge in [0.25, 0.3) is 0 Å². The largest absolute Gasteiger partial charge is 0.468 e. The van der Waals surface area contributed by atoms with Crippen molar-refractivity contribution in [3.63, 3.8) is 0 Å². The maximum atomic E-state index is 12.3. The molecule has 0 bridgehead atoms. The van der Waals surface area contributed by atoms with E-state index in [2.05, 4.69) is 15.1 Å². The van der Waals surface area contributed by atoms with Crippen LogP contribution in [-0.2, 0) is 16.0 Å². The minimum Gasteiger partial charge on any atom is -0.468 e. The zero-order chi connectivity index (χ0) is 18.8. The molecule has 0 aliphatic rings. The summed E-state index contributed by atoms with van der Waals surface area (Å²) >= 11 is 7.21. The van der Waals surface area contributed by atoms with Gasteiger partial charge in [-0.05, 0) is 36.2 Å². The van der Waals surface area contributed by atoms with E-state index in [0.717, 1.165) is 16.5 Å². The van der Waals surface area contributed by atoms with E-state index in [0.29, 0.717) is 22.2 Å². The number of aromatic nitrogens is 4. The van der Waals surface area contributed by atoms with Crippen molar-refractivity contribution in [3.8, 4) is 0 Å². The Kier molecular flexibility index (Phi) is 4.96. The maximum Gasteiger partial charge on any atom is 0.319 e. The highest BCUT2D eigenvalue weighted by molar-refractivity contribution is 8.00. The van der Waals surface area contributed by atoms with E-state index in [1.807, 2.05) is 36.4 Å². The molecule has 2 heterocycles. The van der Waals surface area contributed by atoms with Crippen LogP contribution in [0.25, 0.3) is 16.6 Å². The van der Waals surface area contributed by atoms with Gasteiger partial charge in [-0.2, -0.15) is 0 Å². The third-order valence-corrected chi connectivity index (χ3v) is 5.39. The zero-order valence-corrected chi connectivity index (χ0v) is 15.9. The average Bonchev–Trinajstić information content (AvgIpc) is 3.11. The Morgan fingerprint density at radius 3 is 2.78 bits per heavy atom. The summed E-state index contributed by atoms with van der Waals surface area (Å²) in [6, 6.07) is 15.1. The fourth-order valence-electron chi connectivity index (χ4n) is 2.78. The summed E-state index contributed by atoms with van der Waals surface area (Å²) in [7, 11) is 1.38. The normalized spacial score (nSPS) is 12.4. The number of nitrogens with zero attached hydrogens (tertiary/aromatic N) is 4. The number of para-hydroxylation sites is 1. The van der Waals surface area contributed by atoms with Crippen LogP contribution in [0.4, 0.5) is 0 Å². The average molecular weight is 399 g/mol. The van der Waals surface area contributed by atoms with Crippen LogP contribution in [0.5, 0.6) is 0 Å². The van der Waals surface area contributed by atoms with Crippen LogP contribution >= 0.6 is 23.4 Å². The Morgan fingerprint density at radius 2 is 2.00 bits per heavy atom. The highest BCUT2D eigenvalue weighted by Gasteiger charge is 2.24. The van der Waals surface area contributed by atoms with Crippen LogP contribution < -0.4 is 0 Å². The molecule has 27 heavy (non-hydrogen) atoms. The summed E-state index contributed by atoms with van der Waals surface area (Å²) in [5.41, 5.74) is 2.54. The van der Waals surface area contributed by atoms with Crippen molar-refractivity contribution in [1.29, 1.82) is 0 Å². The van der Waals surface area contributed by atoms with Crippen LogP contribution in [0.1, 0.15) is 5.56 Å². The minimum atomic E-state index is -0.465. The quantitative estimate of drug-likeness (QED) is 0.376. The molecule has 0 saturated carbocycles. The third-order valence-electron chi connectivity index (χ3n) is 4.11. The Hall–Kier alpha value is -2.64. The van der Waals surface area contributed by atoms with Gasteiger partial charge in [0, 0.05) is 10.4 Å². The van der Waals surface area contributed by atoms with Gasteiger partial charge in [-0.3, -0.25) is 4.79 Å². The maximum absolute atomic E-state index is 12.3. The number of fused-ring (bicyclic) bond motifs is 3. The monoisotopic (exact) mass is 398 g/mol. The number of hydrogen-bond acceptors (Lipinski definition) is 6. The molecule has 0 fully saturated rings. The number of benzene rings is 2. The van der Waals surface area contributed by atoms with Crippen molar-refractivity contribution < 1.29 is 9.53 Å². The summed E-state index contributed by atoms with van der Waals surface area (Å²) < 4.78 is 6.59. The molecule has 0 aliphatic heterocycles. The zero-order valence-electron chi connectivity index (χ0n) is 14.4. The number of carbonyl (C=O) groups is 1. The van der Waals surface area contributed by atoms with Gasteiger partial charge < -0.3 is 4.74 Å². The standard InChI is InChI=1S/C19H15ClN4O2S/c1-26-18(25)16(10-12-6-8-13(20)9-7-12)27-19-22-17-14-4-2-3-5-15(14)21-11-24(17)23-19/h2-9,11,16H,10H2,1H3/t16-/m1/s1. The Morgan fingerprint density at radius 1 is 1.22 bits per heavy atom. The van der Waals surface area contributed by atoms with Crippen LogP contribution in [0.3, 0.4) is 0 Å². The predicted octanol–water partition coefficient (Wildman–Crippen LogP) is 3.81. The molecule has 136 valence electrons. The lowest BCUT2D eigenvalue weighted by Crippen LogP contribution is -2.21. The van der Waals surface area contributed by atoms with E-state index in [1.54, 1.807) is 23.0 Å². The van der Waals surface area contributed by atoms with Gasteiger partial charge in [-0.25, -0.2) is 14.5 Å². The molecule has 0 saturated heterocycles. The second kappa shape index (κ2) is 7.54. The molecule has 2 aromatic heterocycles. The van der Waals surface area contributed by atoms with Crippen LogP contribution in [0, 0.1) is 0 Å². The van der Waals surface area contributed by atoms with Crippen LogP contribution in [0.15, 0.2) is 60.0 Å². The summed E-state index contributed by atoms with van der Waals surface area (Å²) in [5.74, 6) is -0.322. The van der Waals surface area contributed by atoms with Crippen molar-refractivity contribution in [2.45, 2.75) is 16.8 Å². The van der Waals surface area contributed by atoms with E-state index in [9.17, 15) is 4.79 Å². The molecule has 0 unspecified atom stereocenters. The number of halogens is 1. The number of ether oxygens (including phenoxy) is 1. The number of rotatable bonds is 5. The van der Waals surface area contributed by atoms with Gasteiger partial charge in [0.1, 0.15) is 11.6 Å². The molecule has 0 aliphatic carbocycles. The first kappa shape index (κ1) is 17.8. The molecule has 0 amide bonds. The molecule has 2 aromatic carbocycles. The van der Waals surface area contributed by atoms with Crippen molar-refractivity contribution in [3.05, 3.63) is 65.4 Å². The molecule has 0 radical (unpaired) electrons. The number of esters is 1. The van der Waals surface area contributed by atoms with E-state index in [4.69, 9.17) is 16.3 Å². The first-order valence-corrected chi connectivity index (χ1v) is 9.49. The summed E-state index contributed by atoms with van der Waals surface area (Å²) in [4.78, 5) is 21.2. The van der Waals surface area contributed by atoms with Gasteiger partial charge in [-0.15, -0.1) is 5.10 Å². The number of carbonyl (C=O) groups excluding carboxylic acids is 1. The van der Waals surface area contributed by atoms with Gasteiger partial charge in [0.05, 0.1) is 12.6 Å². The molecule has 4 rings (SSSR count).